The number of nitriles is 1. The number of amides is 1. The molecular weight excluding hydrogens is 206 g/mol. The third-order valence-corrected chi connectivity index (χ3v) is 3.15. The second-order valence-corrected chi connectivity index (χ2v) is 4.40. The Labute approximate surface area is 95.8 Å². The summed E-state index contributed by atoms with van der Waals surface area (Å²) in [7, 11) is 0. The molecule has 1 saturated carbocycles. The predicted octanol–water partition coefficient (Wildman–Crippen LogP) is -0.232. The van der Waals surface area contributed by atoms with E-state index in [0.717, 1.165) is 25.7 Å². The fourth-order valence-electron chi connectivity index (χ4n) is 2.16. The Morgan fingerprint density at radius 3 is 2.69 bits per heavy atom. The highest BCUT2D eigenvalue weighted by molar-refractivity contribution is 5.78. The molecule has 0 atom stereocenters. The highest BCUT2D eigenvalue weighted by atomic mass is 16.3. The summed E-state index contributed by atoms with van der Waals surface area (Å²) in [5.74, 6) is -0.173. The maximum Gasteiger partial charge on any atom is 0.234 e. The summed E-state index contributed by atoms with van der Waals surface area (Å²) < 4.78 is 0. The van der Waals surface area contributed by atoms with Gasteiger partial charge in [0.25, 0.3) is 0 Å². The number of hydrogen-bond donors (Lipinski definition) is 3. The number of aliphatic hydroxyl groups is 1. The lowest BCUT2D eigenvalue weighted by atomic mass is 9.87. The minimum Gasteiger partial charge on any atom is -0.396 e. The second-order valence-electron chi connectivity index (χ2n) is 4.40. The van der Waals surface area contributed by atoms with Gasteiger partial charge in [-0.1, -0.05) is 12.8 Å². The van der Waals surface area contributed by atoms with Crippen molar-refractivity contribution in [1.82, 2.24) is 10.6 Å². The Balaban J connectivity index is 2.19. The number of nitrogens with one attached hydrogen (secondary N) is 2. The summed E-state index contributed by atoms with van der Waals surface area (Å²) in [6.45, 7) is 1.11. The largest absolute Gasteiger partial charge is 0.396 e. The second kappa shape index (κ2) is 6.46. The van der Waals surface area contributed by atoms with Crippen molar-refractivity contribution in [3.8, 4) is 6.07 Å². The molecule has 0 bridgehead atoms. The van der Waals surface area contributed by atoms with E-state index in [2.05, 4.69) is 10.6 Å². The van der Waals surface area contributed by atoms with Crippen molar-refractivity contribution in [3.05, 3.63) is 0 Å². The molecule has 5 heteroatoms. The lowest BCUT2D eigenvalue weighted by Gasteiger charge is -2.26. The Kier molecular flexibility index (Phi) is 5.23. The molecule has 1 fully saturated rings. The third-order valence-electron chi connectivity index (χ3n) is 3.15. The molecule has 0 aromatic carbocycles. The Morgan fingerprint density at radius 2 is 2.12 bits per heavy atom. The van der Waals surface area contributed by atoms with Gasteiger partial charge in [0.15, 0.2) is 0 Å². The first-order valence-electron chi connectivity index (χ1n) is 5.68. The summed E-state index contributed by atoms with van der Waals surface area (Å²) in [6, 6.07) is 1.85. The molecule has 90 valence electrons. The van der Waals surface area contributed by atoms with E-state index < -0.39 is 0 Å². The molecule has 0 spiro atoms. The molecule has 16 heavy (non-hydrogen) atoms. The zero-order chi connectivity index (χ0) is 11.9. The molecule has 0 heterocycles. The lowest BCUT2D eigenvalue weighted by molar-refractivity contribution is -0.120. The molecule has 5 nitrogen and oxygen atoms in total. The number of carbonyl (C=O) groups excluding carboxylic acids is 1. The van der Waals surface area contributed by atoms with Gasteiger partial charge in [-0.15, -0.1) is 0 Å². The topological polar surface area (TPSA) is 85.2 Å². The van der Waals surface area contributed by atoms with Gasteiger partial charge < -0.3 is 15.7 Å². The molecule has 1 rings (SSSR count). The summed E-state index contributed by atoms with van der Waals surface area (Å²) in [6.07, 6.45) is 4.36. The number of carbonyl (C=O) groups is 1. The molecule has 0 radical (unpaired) electrons. The van der Waals surface area contributed by atoms with Gasteiger partial charge in [0.2, 0.25) is 5.91 Å². The van der Waals surface area contributed by atoms with Crippen LogP contribution >= 0.6 is 0 Å². The normalized spacial score (nSPS) is 18.0. The average molecular weight is 225 g/mol. The van der Waals surface area contributed by atoms with Crippen LogP contribution in [0.5, 0.6) is 0 Å². The van der Waals surface area contributed by atoms with Crippen molar-refractivity contribution in [3.63, 3.8) is 0 Å². The van der Waals surface area contributed by atoms with Gasteiger partial charge in [-0.25, -0.2) is 0 Å². The summed E-state index contributed by atoms with van der Waals surface area (Å²) in [5.41, 5.74) is -0.0322. The van der Waals surface area contributed by atoms with Crippen molar-refractivity contribution in [2.45, 2.75) is 25.7 Å². The van der Waals surface area contributed by atoms with E-state index in [9.17, 15) is 9.90 Å². The average Bonchev–Trinajstić information content (AvgIpc) is 2.76. The van der Waals surface area contributed by atoms with Crippen LogP contribution in [-0.4, -0.2) is 37.3 Å². The van der Waals surface area contributed by atoms with Crippen molar-refractivity contribution < 1.29 is 9.90 Å². The van der Waals surface area contributed by atoms with Crippen molar-refractivity contribution in [2.24, 2.45) is 5.41 Å². The Hall–Kier alpha value is -1.12. The van der Waals surface area contributed by atoms with Gasteiger partial charge in [-0.05, 0) is 12.8 Å². The lowest BCUT2D eigenvalue weighted by Crippen LogP contribution is -2.40. The monoisotopic (exact) mass is 225 g/mol. The summed E-state index contributed by atoms with van der Waals surface area (Å²) in [4.78, 5) is 11.2. The molecule has 1 aliphatic rings. The molecule has 0 aromatic heterocycles. The third kappa shape index (κ3) is 3.80. The van der Waals surface area contributed by atoms with Crippen molar-refractivity contribution >= 4 is 5.91 Å². The first-order chi connectivity index (χ1) is 7.72. The molecule has 0 saturated heterocycles. The minimum absolute atomic E-state index is 0.0322. The first-order valence-corrected chi connectivity index (χ1v) is 5.68. The number of aliphatic hydroxyl groups excluding tert-OH is 1. The Bertz CT molecular complexity index is 267. The number of rotatable bonds is 6. The van der Waals surface area contributed by atoms with Crippen LogP contribution in [0.4, 0.5) is 0 Å². The summed E-state index contributed by atoms with van der Waals surface area (Å²) in [5, 5.41) is 23.1. The van der Waals surface area contributed by atoms with E-state index in [-0.39, 0.29) is 31.0 Å². The van der Waals surface area contributed by atoms with Gasteiger partial charge in [0.05, 0.1) is 12.6 Å². The van der Waals surface area contributed by atoms with Crippen LogP contribution in [0.3, 0.4) is 0 Å². The molecule has 1 amide bonds. The fourth-order valence-corrected chi connectivity index (χ4v) is 2.16. The van der Waals surface area contributed by atoms with Crippen molar-refractivity contribution in [2.75, 3.05) is 26.2 Å². The highest BCUT2D eigenvalue weighted by Crippen LogP contribution is 2.36. The molecule has 1 aliphatic carbocycles. The predicted molar refractivity (Wildman–Crippen MR) is 59.5 cm³/mol. The molecular formula is C11H19N3O2. The van der Waals surface area contributed by atoms with E-state index in [1.165, 1.54) is 0 Å². The van der Waals surface area contributed by atoms with E-state index in [1.807, 2.05) is 6.07 Å². The Morgan fingerprint density at radius 1 is 1.44 bits per heavy atom. The van der Waals surface area contributed by atoms with Crippen LogP contribution in [0.1, 0.15) is 25.7 Å². The molecule has 3 N–H and O–H groups in total. The van der Waals surface area contributed by atoms with Gasteiger partial charge in [0, 0.05) is 18.6 Å². The van der Waals surface area contributed by atoms with E-state index >= 15 is 0 Å². The van der Waals surface area contributed by atoms with E-state index in [1.54, 1.807) is 0 Å². The minimum atomic E-state index is -0.173. The van der Waals surface area contributed by atoms with Crippen LogP contribution in [0.25, 0.3) is 0 Å². The van der Waals surface area contributed by atoms with Crippen LogP contribution in [-0.2, 0) is 4.79 Å². The maximum absolute atomic E-state index is 11.2. The summed E-state index contributed by atoms with van der Waals surface area (Å²) >= 11 is 0. The van der Waals surface area contributed by atoms with Crippen LogP contribution in [0.2, 0.25) is 0 Å². The highest BCUT2D eigenvalue weighted by Gasteiger charge is 2.32. The quantitative estimate of drug-likeness (QED) is 0.545. The van der Waals surface area contributed by atoms with E-state index in [0.29, 0.717) is 6.54 Å². The first kappa shape index (κ1) is 12.9. The smallest absolute Gasteiger partial charge is 0.234 e. The standard InChI is InChI=1S/C11H19N3O2/c12-5-6-14-10(16)7-13-8-11(9-15)3-1-2-4-11/h13,15H,1-4,6-9H2,(H,14,16). The van der Waals surface area contributed by atoms with Crippen molar-refractivity contribution in [1.29, 1.82) is 5.26 Å². The SMILES string of the molecule is N#CCNC(=O)CNCC1(CO)CCCC1. The van der Waals surface area contributed by atoms with Gasteiger partial charge >= 0.3 is 0 Å². The zero-order valence-electron chi connectivity index (χ0n) is 9.46. The van der Waals surface area contributed by atoms with Crippen LogP contribution in [0, 0.1) is 16.7 Å². The van der Waals surface area contributed by atoms with Crippen LogP contribution < -0.4 is 10.6 Å². The van der Waals surface area contributed by atoms with Gasteiger partial charge in [-0.2, -0.15) is 5.26 Å². The van der Waals surface area contributed by atoms with Gasteiger partial charge in [0.1, 0.15) is 6.54 Å². The molecule has 0 unspecified atom stereocenters. The molecule has 0 aliphatic heterocycles. The fraction of sp³-hybridized carbons (Fsp3) is 0.818. The number of hydrogen-bond acceptors (Lipinski definition) is 4. The van der Waals surface area contributed by atoms with Gasteiger partial charge in [-0.3, -0.25) is 4.79 Å². The maximum atomic E-state index is 11.2. The number of nitrogens with zero attached hydrogens (tertiary/aromatic N) is 1. The zero-order valence-corrected chi connectivity index (χ0v) is 9.46. The van der Waals surface area contributed by atoms with Crippen LogP contribution in [0.15, 0.2) is 0 Å². The molecule has 0 aromatic rings. The van der Waals surface area contributed by atoms with E-state index in [4.69, 9.17) is 5.26 Å².